The maximum absolute atomic E-state index is 13.5. The highest BCUT2D eigenvalue weighted by molar-refractivity contribution is 5.94. The Labute approximate surface area is 112 Å². The van der Waals surface area contributed by atoms with E-state index in [-0.39, 0.29) is 17.0 Å². The van der Waals surface area contributed by atoms with Crippen molar-refractivity contribution < 1.29 is 9.18 Å². The second-order valence-electron chi connectivity index (χ2n) is 5.46. The van der Waals surface area contributed by atoms with E-state index in [2.05, 4.69) is 15.2 Å². The molecule has 4 nitrogen and oxygen atoms in total. The van der Waals surface area contributed by atoms with Gasteiger partial charge in [-0.2, -0.15) is 0 Å². The summed E-state index contributed by atoms with van der Waals surface area (Å²) in [5.41, 5.74) is 0.202. The number of aromatic nitrogens is 1. The lowest BCUT2D eigenvalue weighted by atomic mass is 9.94. The molecule has 0 aliphatic carbocycles. The Morgan fingerprint density at radius 1 is 1.42 bits per heavy atom. The van der Waals surface area contributed by atoms with E-state index in [0.29, 0.717) is 6.54 Å². The van der Waals surface area contributed by atoms with E-state index in [1.807, 2.05) is 0 Å². The van der Waals surface area contributed by atoms with Crippen molar-refractivity contribution in [2.24, 2.45) is 0 Å². The third-order valence-electron chi connectivity index (χ3n) is 4.41. The van der Waals surface area contributed by atoms with Crippen molar-refractivity contribution in [1.82, 2.24) is 15.2 Å². The Morgan fingerprint density at radius 3 is 2.84 bits per heavy atom. The van der Waals surface area contributed by atoms with E-state index in [0.717, 1.165) is 32.1 Å². The van der Waals surface area contributed by atoms with Crippen molar-refractivity contribution >= 4 is 5.91 Å². The van der Waals surface area contributed by atoms with Gasteiger partial charge in [0.15, 0.2) is 5.82 Å². The van der Waals surface area contributed by atoms with Crippen LogP contribution in [-0.2, 0) is 0 Å². The molecule has 0 unspecified atom stereocenters. The van der Waals surface area contributed by atoms with Crippen LogP contribution in [0.4, 0.5) is 4.39 Å². The minimum absolute atomic E-state index is 0.0777. The second kappa shape index (κ2) is 4.89. The van der Waals surface area contributed by atoms with Crippen LogP contribution in [0.25, 0.3) is 0 Å². The summed E-state index contributed by atoms with van der Waals surface area (Å²) in [6.07, 6.45) is 7.16. The lowest BCUT2D eigenvalue weighted by molar-refractivity contribution is 0.0915. The third-order valence-corrected chi connectivity index (χ3v) is 4.41. The van der Waals surface area contributed by atoms with Crippen LogP contribution < -0.4 is 5.32 Å². The molecule has 1 aromatic rings. The van der Waals surface area contributed by atoms with Crippen molar-refractivity contribution in [1.29, 1.82) is 0 Å². The van der Waals surface area contributed by atoms with E-state index in [4.69, 9.17) is 0 Å². The zero-order valence-electron chi connectivity index (χ0n) is 10.9. The summed E-state index contributed by atoms with van der Waals surface area (Å²) < 4.78 is 13.5. The molecule has 0 atom stereocenters. The van der Waals surface area contributed by atoms with Crippen molar-refractivity contribution in [3.8, 4) is 0 Å². The van der Waals surface area contributed by atoms with Crippen molar-refractivity contribution in [3.05, 3.63) is 29.8 Å². The molecule has 1 N–H and O–H groups in total. The number of pyridine rings is 1. The van der Waals surface area contributed by atoms with Gasteiger partial charge in [-0.15, -0.1) is 0 Å². The summed E-state index contributed by atoms with van der Waals surface area (Å²) >= 11 is 0. The Hall–Kier alpha value is -1.49. The van der Waals surface area contributed by atoms with Crippen LogP contribution in [0.3, 0.4) is 0 Å². The first-order valence-electron chi connectivity index (χ1n) is 6.84. The number of fused-ring (bicyclic) bond motifs is 1. The average molecular weight is 263 g/mol. The van der Waals surface area contributed by atoms with Crippen molar-refractivity contribution in [3.63, 3.8) is 0 Å². The molecule has 3 rings (SSSR count). The first-order chi connectivity index (χ1) is 9.21. The molecular formula is C14H18FN3O. The minimum atomic E-state index is -0.563. The van der Waals surface area contributed by atoms with Gasteiger partial charge in [-0.05, 0) is 44.8 Å². The highest BCUT2D eigenvalue weighted by Gasteiger charge is 2.44. The number of halogens is 1. The molecule has 2 aliphatic heterocycles. The molecule has 0 bridgehead atoms. The Morgan fingerprint density at radius 2 is 2.16 bits per heavy atom. The number of hydrogen-bond donors (Lipinski definition) is 1. The van der Waals surface area contributed by atoms with Crippen molar-refractivity contribution in [2.45, 2.75) is 31.2 Å². The molecule has 19 heavy (non-hydrogen) atoms. The molecule has 0 spiro atoms. The molecule has 1 amide bonds. The molecule has 0 aromatic carbocycles. The first kappa shape index (κ1) is 12.5. The van der Waals surface area contributed by atoms with Crippen LogP contribution in [0, 0.1) is 5.82 Å². The first-order valence-corrected chi connectivity index (χ1v) is 6.84. The van der Waals surface area contributed by atoms with E-state index in [1.54, 1.807) is 0 Å². The van der Waals surface area contributed by atoms with Gasteiger partial charge in [0.05, 0.1) is 11.8 Å². The molecular weight excluding hydrogens is 245 g/mol. The molecule has 3 heterocycles. The van der Waals surface area contributed by atoms with Gasteiger partial charge >= 0.3 is 0 Å². The second-order valence-corrected chi connectivity index (χ2v) is 5.46. The van der Waals surface area contributed by atoms with Crippen LogP contribution in [0.2, 0.25) is 0 Å². The van der Waals surface area contributed by atoms with E-state index < -0.39 is 5.82 Å². The van der Waals surface area contributed by atoms with Gasteiger partial charge < -0.3 is 5.32 Å². The largest absolute Gasteiger partial charge is 0.350 e. The van der Waals surface area contributed by atoms with Gasteiger partial charge in [-0.1, -0.05) is 0 Å². The van der Waals surface area contributed by atoms with Gasteiger partial charge in [0, 0.05) is 18.3 Å². The minimum Gasteiger partial charge on any atom is -0.350 e. The summed E-state index contributed by atoms with van der Waals surface area (Å²) in [5, 5.41) is 2.90. The molecule has 2 saturated heterocycles. The average Bonchev–Trinajstić information content (AvgIpc) is 2.96. The fourth-order valence-electron chi connectivity index (χ4n) is 3.41. The predicted octanol–water partition coefficient (Wildman–Crippen LogP) is 1.58. The summed E-state index contributed by atoms with van der Waals surface area (Å²) in [4.78, 5) is 18.1. The number of hydrogen-bond acceptors (Lipinski definition) is 3. The van der Waals surface area contributed by atoms with Gasteiger partial charge in [-0.25, -0.2) is 4.39 Å². The number of carbonyl (C=O) groups excluding carboxylic acids is 1. The maximum Gasteiger partial charge on any atom is 0.254 e. The molecule has 102 valence electrons. The number of nitrogens with zero attached hydrogens (tertiary/aromatic N) is 2. The van der Waals surface area contributed by atoms with E-state index in [1.165, 1.54) is 25.1 Å². The highest BCUT2D eigenvalue weighted by atomic mass is 19.1. The molecule has 5 heteroatoms. The highest BCUT2D eigenvalue weighted by Crippen LogP contribution is 2.38. The lowest BCUT2D eigenvalue weighted by Crippen LogP contribution is -2.48. The maximum atomic E-state index is 13.5. The normalized spacial score (nSPS) is 21.3. The van der Waals surface area contributed by atoms with Gasteiger partial charge in [-0.3, -0.25) is 14.7 Å². The summed E-state index contributed by atoms with van der Waals surface area (Å²) in [7, 11) is 0. The number of amides is 1. The number of rotatable bonds is 3. The zero-order chi connectivity index (χ0) is 13.3. The summed E-state index contributed by atoms with van der Waals surface area (Å²) in [5.74, 6) is -0.903. The number of carbonyl (C=O) groups is 1. The van der Waals surface area contributed by atoms with E-state index in [9.17, 15) is 9.18 Å². The fraction of sp³-hybridized carbons (Fsp3) is 0.571. The monoisotopic (exact) mass is 263 g/mol. The Bertz CT molecular complexity index is 481. The summed E-state index contributed by atoms with van der Waals surface area (Å²) in [6.45, 7) is 2.87. The zero-order valence-corrected chi connectivity index (χ0v) is 10.9. The standard InChI is InChI=1S/C14H18FN3O/c15-12-9-16-6-3-11(12)13(19)17-10-14-4-1-7-18(14)8-2-5-14/h3,6,9H,1-2,4-5,7-8,10H2,(H,17,19). The lowest BCUT2D eigenvalue weighted by Gasteiger charge is -2.32. The molecule has 2 aliphatic rings. The third kappa shape index (κ3) is 2.23. The van der Waals surface area contributed by atoms with E-state index >= 15 is 0 Å². The Kier molecular flexibility index (Phi) is 3.22. The molecule has 1 aromatic heterocycles. The molecule has 2 fully saturated rings. The summed E-state index contributed by atoms with van der Waals surface area (Å²) in [6, 6.07) is 1.42. The smallest absolute Gasteiger partial charge is 0.254 e. The topological polar surface area (TPSA) is 45.2 Å². The van der Waals surface area contributed by atoms with Gasteiger partial charge in [0.1, 0.15) is 0 Å². The van der Waals surface area contributed by atoms with Crippen LogP contribution >= 0.6 is 0 Å². The Balaban J connectivity index is 1.67. The van der Waals surface area contributed by atoms with Crippen LogP contribution in [0.1, 0.15) is 36.0 Å². The fourth-order valence-corrected chi connectivity index (χ4v) is 3.41. The van der Waals surface area contributed by atoms with Gasteiger partial charge in [0.2, 0.25) is 0 Å². The van der Waals surface area contributed by atoms with Crippen LogP contribution in [0.5, 0.6) is 0 Å². The quantitative estimate of drug-likeness (QED) is 0.900. The SMILES string of the molecule is O=C(NCC12CCCN1CCC2)c1ccncc1F. The molecule has 0 radical (unpaired) electrons. The van der Waals surface area contributed by atoms with Crippen LogP contribution in [0.15, 0.2) is 18.5 Å². The van der Waals surface area contributed by atoms with Gasteiger partial charge in [0.25, 0.3) is 5.91 Å². The van der Waals surface area contributed by atoms with Crippen molar-refractivity contribution in [2.75, 3.05) is 19.6 Å². The number of nitrogens with one attached hydrogen (secondary N) is 1. The molecule has 0 saturated carbocycles. The predicted molar refractivity (Wildman–Crippen MR) is 69.3 cm³/mol. The van der Waals surface area contributed by atoms with Crippen LogP contribution in [-0.4, -0.2) is 41.0 Å².